The number of thiazole rings is 1. The summed E-state index contributed by atoms with van der Waals surface area (Å²) >= 11 is 1.42. The molecular weight excluding hydrogens is 446 g/mol. The molecular formula is C27H29N3O3S. The summed E-state index contributed by atoms with van der Waals surface area (Å²) in [7, 11) is 0. The van der Waals surface area contributed by atoms with Crippen LogP contribution in [-0.4, -0.2) is 34.8 Å². The number of carbonyl (C=O) groups is 2. The maximum Gasteiger partial charge on any atom is 0.273 e. The number of hydrogen-bond donors (Lipinski definition) is 0. The van der Waals surface area contributed by atoms with Crippen molar-refractivity contribution in [2.24, 2.45) is 0 Å². The predicted octanol–water partition coefficient (Wildman–Crippen LogP) is 4.95. The molecule has 0 N–H and O–H groups in total. The molecule has 2 aromatic carbocycles. The van der Waals surface area contributed by atoms with Crippen LogP contribution in [0.1, 0.15) is 59.4 Å². The maximum atomic E-state index is 13.1. The normalized spacial score (nSPS) is 15.6. The van der Waals surface area contributed by atoms with Crippen molar-refractivity contribution in [1.29, 1.82) is 0 Å². The number of nitrogens with zero attached hydrogens (tertiary/aromatic N) is 3. The van der Waals surface area contributed by atoms with E-state index < -0.39 is 0 Å². The highest BCUT2D eigenvalue weighted by Crippen LogP contribution is 2.38. The van der Waals surface area contributed by atoms with Gasteiger partial charge in [-0.2, -0.15) is 0 Å². The summed E-state index contributed by atoms with van der Waals surface area (Å²) in [4.78, 5) is 34.1. The van der Waals surface area contributed by atoms with Gasteiger partial charge < -0.3 is 9.64 Å². The van der Waals surface area contributed by atoms with Crippen molar-refractivity contribution < 1.29 is 14.3 Å². The van der Waals surface area contributed by atoms with Crippen molar-refractivity contribution in [1.82, 2.24) is 9.88 Å². The second-order valence-electron chi connectivity index (χ2n) is 9.56. The first-order valence-electron chi connectivity index (χ1n) is 11.7. The average molecular weight is 476 g/mol. The van der Waals surface area contributed by atoms with Gasteiger partial charge in [0, 0.05) is 18.5 Å². The van der Waals surface area contributed by atoms with Crippen molar-refractivity contribution in [3.8, 4) is 5.75 Å². The minimum Gasteiger partial charge on any atom is -0.482 e. The average Bonchev–Trinajstić information content (AvgIpc) is 3.33. The first-order valence-corrected chi connectivity index (χ1v) is 12.6. The second kappa shape index (κ2) is 8.87. The minimum atomic E-state index is -0.102. The molecule has 0 aliphatic carbocycles. The molecule has 2 aliphatic rings. The standard InChI is InChI=1S/C27H29N3O3S/c1-4-27(2,3)20-9-10-23-22(13-20)30(25(31)16-33-23)15-24-28-21(17-34-24)26(32)29-12-11-18-7-5-6-8-19(18)14-29/h5-10,13,17H,4,11-12,14-16H2,1-3H3. The lowest BCUT2D eigenvalue weighted by atomic mass is 9.82. The Morgan fingerprint density at radius 3 is 2.76 bits per heavy atom. The van der Waals surface area contributed by atoms with Crippen LogP contribution in [0.4, 0.5) is 5.69 Å². The molecule has 6 nitrogen and oxygen atoms in total. The van der Waals surface area contributed by atoms with E-state index in [0.717, 1.165) is 29.1 Å². The van der Waals surface area contributed by atoms with E-state index in [4.69, 9.17) is 4.74 Å². The molecule has 0 bridgehead atoms. The topological polar surface area (TPSA) is 62.7 Å². The van der Waals surface area contributed by atoms with Crippen LogP contribution in [-0.2, 0) is 29.7 Å². The zero-order valence-electron chi connectivity index (χ0n) is 19.8. The lowest BCUT2D eigenvalue weighted by Crippen LogP contribution is -2.38. The lowest BCUT2D eigenvalue weighted by Gasteiger charge is -2.31. The molecule has 0 saturated carbocycles. The Kier molecular flexibility index (Phi) is 5.90. The predicted molar refractivity (Wildman–Crippen MR) is 133 cm³/mol. The molecule has 176 valence electrons. The Balaban J connectivity index is 1.35. The Hall–Kier alpha value is -3.19. The molecule has 3 heterocycles. The van der Waals surface area contributed by atoms with Crippen molar-refractivity contribution in [3.63, 3.8) is 0 Å². The summed E-state index contributed by atoms with van der Waals surface area (Å²) in [5.74, 6) is 0.544. The lowest BCUT2D eigenvalue weighted by molar-refractivity contribution is -0.121. The van der Waals surface area contributed by atoms with Crippen molar-refractivity contribution in [3.05, 3.63) is 75.2 Å². The molecule has 2 amide bonds. The van der Waals surface area contributed by atoms with Gasteiger partial charge in [-0.3, -0.25) is 14.5 Å². The monoisotopic (exact) mass is 475 g/mol. The summed E-state index contributed by atoms with van der Waals surface area (Å²) in [5.41, 5.74) is 4.87. The first-order chi connectivity index (χ1) is 16.4. The van der Waals surface area contributed by atoms with Crippen molar-refractivity contribution in [2.45, 2.75) is 52.1 Å². The molecule has 0 unspecified atom stereocenters. The van der Waals surface area contributed by atoms with Gasteiger partial charge in [-0.05, 0) is 47.1 Å². The molecule has 0 fully saturated rings. The van der Waals surface area contributed by atoms with Gasteiger partial charge in [0.1, 0.15) is 16.5 Å². The molecule has 0 radical (unpaired) electrons. The van der Waals surface area contributed by atoms with Crippen molar-refractivity contribution in [2.75, 3.05) is 18.1 Å². The van der Waals surface area contributed by atoms with Gasteiger partial charge in [0.25, 0.3) is 11.8 Å². The van der Waals surface area contributed by atoms with Crippen LogP contribution >= 0.6 is 11.3 Å². The summed E-state index contributed by atoms with van der Waals surface area (Å²) in [6.45, 7) is 8.18. The molecule has 5 rings (SSSR count). The number of aromatic nitrogens is 1. The number of ether oxygens (including phenoxy) is 1. The van der Waals surface area contributed by atoms with Crippen LogP contribution in [0.3, 0.4) is 0 Å². The van der Waals surface area contributed by atoms with Gasteiger partial charge in [0.2, 0.25) is 0 Å². The van der Waals surface area contributed by atoms with E-state index in [9.17, 15) is 9.59 Å². The quantitative estimate of drug-likeness (QED) is 0.524. The Morgan fingerprint density at radius 1 is 1.18 bits per heavy atom. The summed E-state index contributed by atoms with van der Waals surface area (Å²) in [5, 5.41) is 2.54. The Bertz CT molecular complexity index is 1250. The Morgan fingerprint density at radius 2 is 1.97 bits per heavy atom. The number of carbonyl (C=O) groups excluding carboxylic acids is 2. The highest BCUT2D eigenvalue weighted by molar-refractivity contribution is 7.09. The number of amides is 2. The van der Waals surface area contributed by atoms with Crippen LogP contribution in [0, 0.1) is 0 Å². The van der Waals surface area contributed by atoms with Gasteiger partial charge in [-0.25, -0.2) is 4.98 Å². The van der Waals surface area contributed by atoms with E-state index >= 15 is 0 Å². The van der Waals surface area contributed by atoms with Crippen LogP contribution in [0.15, 0.2) is 47.8 Å². The molecule has 0 spiro atoms. The number of anilines is 1. The highest BCUT2D eigenvalue weighted by atomic mass is 32.1. The highest BCUT2D eigenvalue weighted by Gasteiger charge is 2.30. The van der Waals surface area contributed by atoms with Crippen LogP contribution in [0.5, 0.6) is 5.75 Å². The number of fused-ring (bicyclic) bond motifs is 2. The fourth-order valence-electron chi connectivity index (χ4n) is 4.45. The molecule has 7 heteroatoms. The van der Waals surface area contributed by atoms with E-state index in [0.29, 0.717) is 31.1 Å². The van der Waals surface area contributed by atoms with E-state index in [-0.39, 0.29) is 23.8 Å². The molecule has 2 aliphatic heterocycles. The summed E-state index contributed by atoms with van der Waals surface area (Å²) < 4.78 is 5.69. The minimum absolute atomic E-state index is 0.00493. The third kappa shape index (κ3) is 4.20. The zero-order valence-corrected chi connectivity index (χ0v) is 20.7. The number of benzene rings is 2. The van der Waals surface area contributed by atoms with Gasteiger partial charge in [0.15, 0.2) is 6.61 Å². The zero-order chi connectivity index (χ0) is 23.9. The van der Waals surface area contributed by atoms with Gasteiger partial charge in [0.05, 0.1) is 12.2 Å². The number of hydrogen-bond acceptors (Lipinski definition) is 5. The van der Waals surface area contributed by atoms with E-state index in [1.165, 1.54) is 22.5 Å². The van der Waals surface area contributed by atoms with E-state index in [1.54, 1.807) is 10.3 Å². The van der Waals surface area contributed by atoms with Crippen LogP contribution in [0.25, 0.3) is 0 Å². The summed E-state index contributed by atoms with van der Waals surface area (Å²) in [6, 6.07) is 14.3. The number of rotatable bonds is 5. The molecule has 0 atom stereocenters. The van der Waals surface area contributed by atoms with Gasteiger partial charge in [-0.15, -0.1) is 11.3 Å². The second-order valence-corrected chi connectivity index (χ2v) is 10.5. The molecule has 34 heavy (non-hydrogen) atoms. The molecule has 0 saturated heterocycles. The smallest absolute Gasteiger partial charge is 0.273 e. The van der Waals surface area contributed by atoms with E-state index in [2.05, 4.69) is 50.0 Å². The van der Waals surface area contributed by atoms with Crippen LogP contribution < -0.4 is 9.64 Å². The van der Waals surface area contributed by atoms with Crippen LogP contribution in [0.2, 0.25) is 0 Å². The third-order valence-corrected chi connectivity index (χ3v) is 7.88. The molecule has 1 aromatic heterocycles. The van der Waals surface area contributed by atoms with E-state index in [1.807, 2.05) is 23.1 Å². The fraction of sp³-hybridized carbons (Fsp3) is 0.370. The maximum absolute atomic E-state index is 13.1. The van der Waals surface area contributed by atoms with Gasteiger partial charge >= 0.3 is 0 Å². The summed E-state index contributed by atoms with van der Waals surface area (Å²) in [6.07, 6.45) is 1.84. The van der Waals surface area contributed by atoms with Crippen molar-refractivity contribution >= 4 is 28.8 Å². The Labute approximate surface area is 204 Å². The third-order valence-electron chi connectivity index (χ3n) is 7.05. The largest absolute Gasteiger partial charge is 0.482 e. The first kappa shape index (κ1) is 22.6. The SMILES string of the molecule is CCC(C)(C)c1ccc2c(c1)N(Cc1nc(C(=O)N3CCc4ccccc4C3)cs1)C(=O)CO2. The van der Waals surface area contributed by atoms with Gasteiger partial charge in [-0.1, -0.05) is 51.1 Å². The molecule has 3 aromatic rings. The fourth-order valence-corrected chi connectivity index (χ4v) is 5.20.